The molecule has 0 bridgehead atoms. The third-order valence-electron chi connectivity index (χ3n) is 5.25. The van der Waals surface area contributed by atoms with Crippen LogP contribution in [0.4, 0.5) is 0 Å². The molecule has 2 aromatic rings. The van der Waals surface area contributed by atoms with Crippen LogP contribution in [-0.2, 0) is 11.8 Å². The molecule has 0 aliphatic heterocycles. The molecule has 0 aliphatic carbocycles. The Labute approximate surface area is 176 Å². The van der Waals surface area contributed by atoms with Crippen LogP contribution in [0, 0.1) is 13.8 Å². The standard InChI is InChI=1S/C22H27ClN2O4/c1-12(2)25(21(27)16-10-8-9-11-17(16)23)15(5)20(26)18-13(3)19(22(28)29-7)24(6)14(18)4/h8-12,15H,1-7H3. The van der Waals surface area contributed by atoms with Gasteiger partial charge in [0.05, 0.1) is 23.7 Å². The van der Waals surface area contributed by atoms with Gasteiger partial charge in [-0.3, -0.25) is 9.59 Å². The second-order valence-electron chi connectivity index (χ2n) is 7.31. The van der Waals surface area contributed by atoms with Crippen LogP contribution in [0.1, 0.15) is 63.2 Å². The summed E-state index contributed by atoms with van der Waals surface area (Å²) < 4.78 is 6.50. The summed E-state index contributed by atoms with van der Waals surface area (Å²) >= 11 is 6.21. The number of benzene rings is 1. The first kappa shape index (κ1) is 22.7. The molecule has 0 saturated heterocycles. The molecule has 0 radical (unpaired) electrons. The predicted molar refractivity (Wildman–Crippen MR) is 113 cm³/mol. The van der Waals surface area contributed by atoms with Gasteiger partial charge in [0.15, 0.2) is 5.78 Å². The summed E-state index contributed by atoms with van der Waals surface area (Å²) in [5.74, 6) is -1.06. The van der Waals surface area contributed by atoms with Crippen LogP contribution in [0.5, 0.6) is 0 Å². The Balaban J connectivity index is 2.50. The van der Waals surface area contributed by atoms with Crippen molar-refractivity contribution in [1.29, 1.82) is 0 Å². The van der Waals surface area contributed by atoms with Gasteiger partial charge in [-0.2, -0.15) is 0 Å². The lowest BCUT2D eigenvalue weighted by Gasteiger charge is -2.32. The Hall–Kier alpha value is -2.60. The number of hydrogen-bond donors (Lipinski definition) is 0. The summed E-state index contributed by atoms with van der Waals surface area (Å²) in [4.78, 5) is 40.3. The zero-order valence-electron chi connectivity index (χ0n) is 17.9. The summed E-state index contributed by atoms with van der Waals surface area (Å²) in [5.41, 5.74) is 2.29. The number of amides is 1. The van der Waals surface area contributed by atoms with Crippen molar-refractivity contribution in [2.45, 2.75) is 46.7 Å². The maximum absolute atomic E-state index is 13.4. The molecule has 0 aliphatic rings. The number of aromatic nitrogens is 1. The highest BCUT2D eigenvalue weighted by atomic mass is 35.5. The van der Waals surface area contributed by atoms with Gasteiger partial charge in [0.25, 0.3) is 5.91 Å². The summed E-state index contributed by atoms with van der Waals surface area (Å²) in [7, 11) is 3.02. The molecule has 6 nitrogen and oxygen atoms in total. The van der Waals surface area contributed by atoms with Crippen LogP contribution < -0.4 is 0 Å². The van der Waals surface area contributed by atoms with Crippen molar-refractivity contribution in [3.8, 4) is 0 Å². The number of hydrogen-bond acceptors (Lipinski definition) is 4. The number of carbonyl (C=O) groups is 3. The number of methoxy groups -OCH3 is 1. The molecule has 2 rings (SSSR count). The monoisotopic (exact) mass is 418 g/mol. The van der Waals surface area contributed by atoms with E-state index in [4.69, 9.17) is 16.3 Å². The minimum absolute atomic E-state index is 0.234. The van der Waals surface area contributed by atoms with Crippen molar-refractivity contribution in [3.05, 3.63) is 57.4 Å². The lowest BCUT2D eigenvalue weighted by Crippen LogP contribution is -2.47. The average Bonchev–Trinajstić information content (AvgIpc) is 2.89. The van der Waals surface area contributed by atoms with Crippen LogP contribution in [0.2, 0.25) is 5.02 Å². The number of carbonyl (C=O) groups excluding carboxylic acids is 3. The van der Waals surface area contributed by atoms with E-state index in [1.807, 2.05) is 13.8 Å². The van der Waals surface area contributed by atoms with Crippen molar-refractivity contribution in [2.75, 3.05) is 7.11 Å². The lowest BCUT2D eigenvalue weighted by molar-refractivity contribution is 0.0565. The summed E-state index contributed by atoms with van der Waals surface area (Å²) in [6.45, 7) is 8.89. The molecule has 1 unspecified atom stereocenters. The van der Waals surface area contributed by atoms with Crippen molar-refractivity contribution >= 4 is 29.3 Å². The number of esters is 1. The van der Waals surface area contributed by atoms with Gasteiger partial charge in [0.1, 0.15) is 5.69 Å². The third kappa shape index (κ3) is 4.08. The number of Topliss-reactive ketones (excluding diaryl/α,β-unsaturated/α-hetero) is 1. The molecule has 0 saturated carbocycles. The molecule has 29 heavy (non-hydrogen) atoms. The van der Waals surface area contributed by atoms with E-state index >= 15 is 0 Å². The minimum atomic E-state index is -0.746. The van der Waals surface area contributed by atoms with Gasteiger partial charge >= 0.3 is 5.97 Å². The van der Waals surface area contributed by atoms with E-state index in [2.05, 4.69) is 0 Å². The first-order valence-corrected chi connectivity index (χ1v) is 9.77. The van der Waals surface area contributed by atoms with Crippen LogP contribution in [-0.4, -0.2) is 46.3 Å². The maximum atomic E-state index is 13.4. The smallest absolute Gasteiger partial charge is 0.354 e. The number of ketones is 1. The highest BCUT2D eigenvalue weighted by Gasteiger charge is 2.34. The van der Waals surface area contributed by atoms with E-state index in [0.717, 1.165) is 0 Å². The zero-order valence-corrected chi connectivity index (χ0v) is 18.6. The molecule has 156 valence electrons. The maximum Gasteiger partial charge on any atom is 0.354 e. The molecular weight excluding hydrogens is 392 g/mol. The largest absolute Gasteiger partial charge is 0.464 e. The van der Waals surface area contributed by atoms with Gasteiger partial charge in [0.2, 0.25) is 0 Å². The van der Waals surface area contributed by atoms with E-state index in [9.17, 15) is 14.4 Å². The first-order chi connectivity index (χ1) is 13.5. The van der Waals surface area contributed by atoms with Crippen LogP contribution >= 0.6 is 11.6 Å². The van der Waals surface area contributed by atoms with Gasteiger partial charge in [-0.05, 0) is 52.3 Å². The highest BCUT2D eigenvalue weighted by Crippen LogP contribution is 2.26. The van der Waals surface area contributed by atoms with Gasteiger partial charge in [-0.15, -0.1) is 0 Å². The second kappa shape index (κ2) is 8.82. The van der Waals surface area contributed by atoms with E-state index in [-0.39, 0.29) is 17.7 Å². The molecule has 0 fully saturated rings. The number of ether oxygens (including phenoxy) is 1. The van der Waals surface area contributed by atoms with Crippen LogP contribution in [0.15, 0.2) is 24.3 Å². The van der Waals surface area contributed by atoms with E-state index in [1.165, 1.54) is 12.0 Å². The summed E-state index contributed by atoms with van der Waals surface area (Å²) in [6.07, 6.45) is 0. The Bertz CT molecular complexity index is 962. The molecule has 1 heterocycles. The predicted octanol–water partition coefficient (Wildman–Crippen LogP) is 4.20. The molecular formula is C22H27ClN2O4. The van der Waals surface area contributed by atoms with E-state index in [1.54, 1.807) is 56.7 Å². The lowest BCUT2D eigenvalue weighted by atomic mass is 9.98. The fraction of sp³-hybridized carbons (Fsp3) is 0.409. The Morgan fingerprint density at radius 3 is 2.21 bits per heavy atom. The normalized spacial score (nSPS) is 12.0. The zero-order chi connectivity index (χ0) is 22.0. The number of nitrogens with zero attached hydrogens (tertiary/aromatic N) is 2. The Morgan fingerprint density at radius 1 is 1.10 bits per heavy atom. The second-order valence-corrected chi connectivity index (χ2v) is 7.72. The van der Waals surface area contributed by atoms with Gasteiger partial charge < -0.3 is 14.2 Å². The van der Waals surface area contributed by atoms with Crippen molar-refractivity contribution in [3.63, 3.8) is 0 Å². The number of halogens is 1. The number of rotatable bonds is 6. The topological polar surface area (TPSA) is 68.6 Å². The van der Waals surface area contributed by atoms with Gasteiger partial charge in [-0.25, -0.2) is 4.79 Å². The van der Waals surface area contributed by atoms with Crippen molar-refractivity contribution < 1.29 is 19.1 Å². The van der Waals surface area contributed by atoms with Crippen LogP contribution in [0.3, 0.4) is 0 Å². The minimum Gasteiger partial charge on any atom is -0.464 e. The van der Waals surface area contributed by atoms with Crippen molar-refractivity contribution in [2.24, 2.45) is 7.05 Å². The Kier molecular flexibility index (Phi) is 6.90. The molecule has 7 heteroatoms. The molecule has 1 aromatic heterocycles. The molecule has 1 aromatic carbocycles. The first-order valence-electron chi connectivity index (χ1n) is 9.40. The average molecular weight is 419 g/mol. The van der Waals surface area contributed by atoms with E-state index in [0.29, 0.717) is 33.1 Å². The SMILES string of the molecule is COC(=O)c1c(C)c(C(=O)C(C)N(C(=O)c2ccccc2Cl)C(C)C)c(C)n1C. The third-order valence-corrected chi connectivity index (χ3v) is 5.58. The van der Waals surface area contributed by atoms with Crippen molar-refractivity contribution in [1.82, 2.24) is 9.47 Å². The molecule has 0 spiro atoms. The quantitative estimate of drug-likeness (QED) is 0.520. The van der Waals surface area contributed by atoms with Gasteiger partial charge in [0, 0.05) is 24.3 Å². The summed E-state index contributed by atoms with van der Waals surface area (Å²) in [5, 5.41) is 0.336. The van der Waals surface area contributed by atoms with Crippen LogP contribution in [0.25, 0.3) is 0 Å². The molecule has 0 N–H and O–H groups in total. The molecule has 1 atom stereocenters. The Morgan fingerprint density at radius 2 is 1.69 bits per heavy atom. The highest BCUT2D eigenvalue weighted by molar-refractivity contribution is 6.33. The summed E-state index contributed by atoms with van der Waals surface area (Å²) in [6, 6.07) is 5.79. The fourth-order valence-corrected chi connectivity index (χ4v) is 3.91. The van der Waals surface area contributed by atoms with E-state index < -0.39 is 12.0 Å². The fourth-order valence-electron chi connectivity index (χ4n) is 3.69. The molecule has 1 amide bonds. The van der Waals surface area contributed by atoms with Gasteiger partial charge in [-0.1, -0.05) is 23.7 Å².